The van der Waals surface area contributed by atoms with Crippen molar-refractivity contribution in [3.8, 4) is 11.5 Å². The van der Waals surface area contributed by atoms with Gasteiger partial charge >= 0.3 is 5.97 Å². The number of carbonyl (C=O) groups excluding carboxylic acids is 2. The van der Waals surface area contributed by atoms with Gasteiger partial charge in [-0.1, -0.05) is 48.0 Å². The number of esters is 1. The quantitative estimate of drug-likeness (QED) is 0.261. The third-order valence-corrected chi connectivity index (χ3v) is 4.18. The summed E-state index contributed by atoms with van der Waals surface area (Å²) in [6.07, 6.45) is 3.26. The van der Waals surface area contributed by atoms with Crippen molar-refractivity contribution < 1.29 is 19.1 Å². The summed E-state index contributed by atoms with van der Waals surface area (Å²) in [4.78, 5) is 24.4. The molecule has 0 radical (unpaired) electrons. The number of hydrogen-bond donors (Lipinski definition) is 0. The van der Waals surface area contributed by atoms with E-state index in [0.717, 1.165) is 11.1 Å². The van der Waals surface area contributed by atoms with Gasteiger partial charge in [0.2, 0.25) is 0 Å². The van der Waals surface area contributed by atoms with E-state index in [0.29, 0.717) is 22.6 Å². The van der Waals surface area contributed by atoms with E-state index in [1.165, 1.54) is 6.08 Å². The van der Waals surface area contributed by atoms with Crippen molar-refractivity contribution >= 4 is 17.8 Å². The van der Waals surface area contributed by atoms with Crippen LogP contribution in [0.25, 0.3) is 6.08 Å². The third-order valence-electron chi connectivity index (χ3n) is 4.18. The Morgan fingerprint density at radius 1 is 0.750 bits per heavy atom. The molecule has 3 aromatic carbocycles. The Balaban J connectivity index is 1.61. The molecule has 0 unspecified atom stereocenters. The lowest BCUT2D eigenvalue weighted by molar-refractivity contribution is 0.0734. The summed E-state index contributed by atoms with van der Waals surface area (Å²) in [5, 5.41) is 0. The van der Waals surface area contributed by atoms with Gasteiger partial charge in [-0.3, -0.25) is 4.79 Å². The number of methoxy groups -OCH3 is 1. The molecule has 0 amide bonds. The zero-order chi connectivity index (χ0) is 19.9. The van der Waals surface area contributed by atoms with Crippen LogP contribution in [0.2, 0.25) is 0 Å². The van der Waals surface area contributed by atoms with Crippen molar-refractivity contribution in [3.05, 3.63) is 101 Å². The second kappa shape index (κ2) is 8.82. The van der Waals surface area contributed by atoms with Crippen LogP contribution in [0.1, 0.15) is 31.8 Å². The first-order chi connectivity index (χ1) is 13.5. The number of benzene rings is 3. The second-order valence-corrected chi connectivity index (χ2v) is 6.25. The van der Waals surface area contributed by atoms with Crippen molar-refractivity contribution in [2.24, 2.45) is 0 Å². The Hall–Kier alpha value is -3.66. The number of ketones is 1. The lowest BCUT2D eigenvalue weighted by Crippen LogP contribution is -2.08. The molecule has 0 aliphatic heterocycles. The normalized spacial score (nSPS) is 10.6. The highest BCUT2D eigenvalue weighted by atomic mass is 16.5. The van der Waals surface area contributed by atoms with Gasteiger partial charge < -0.3 is 9.47 Å². The van der Waals surface area contributed by atoms with E-state index in [1.54, 1.807) is 61.7 Å². The molecule has 0 saturated heterocycles. The van der Waals surface area contributed by atoms with Crippen LogP contribution in [0.15, 0.2) is 78.9 Å². The first-order valence-corrected chi connectivity index (χ1v) is 8.80. The van der Waals surface area contributed by atoms with Gasteiger partial charge in [0.1, 0.15) is 11.5 Å². The summed E-state index contributed by atoms with van der Waals surface area (Å²) in [6.45, 7) is 1.98. The topological polar surface area (TPSA) is 52.6 Å². The highest BCUT2D eigenvalue weighted by Crippen LogP contribution is 2.17. The lowest BCUT2D eigenvalue weighted by Gasteiger charge is -2.05. The van der Waals surface area contributed by atoms with E-state index in [9.17, 15) is 9.59 Å². The number of allylic oxidation sites excluding steroid dienone is 1. The van der Waals surface area contributed by atoms with E-state index in [4.69, 9.17) is 9.47 Å². The van der Waals surface area contributed by atoms with Gasteiger partial charge in [0, 0.05) is 5.56 Å². The maximum absolute atomic E-state index is 12.2. The van der Waals surface area contributed by atoms with Crippen molar-refractivity contribution in [2.75, 3.05) is 7.11 Å². The highest BCUT2D eigenvalue weighted by molar-refractivity contribution is 6.06. The molecule has 4 heteroatoms. The molecular formula is C24H20O4. The second-order valence-electron chi connectivity index (χ2n) is 6.25. The maximum atomic E-state index is 12.2. The third kappa shape index (κ3) is 4.95. The summed E-state index contributed by atoms with van der Waals surface area (Å²) < 4.78 is 10.4. The number of carbonyl (C=O) groups is 2. The van der Waals surface area contributed by atoms with Crippen molar-refractivity contribution in [1.29, 1.82) is 0 Å². The van der Waals surface area contributed by atoms with Gasteiger partial charge in [-0.25, -0.2) is 4.79 Å². The molecule has 0 N–H and O–H groups in total. The Morgan fingerprint density at radius 2 is 1.32 bits per heavy atom. The van der Waals surface area contributed by atoms with Gasteiger partial charge in [0.05, 0.1) is 12.7 Å². The minimum absolute atomic E-state index is 0.0602. The molecule has 0 aliphatic carbocycles. The number of aryl methyl sites for hydroxylation is 1. The predicted molar refractivity (Wildman–Crippen MR) is 109 cm³/mol. The minimum atomic E-state index is -0.444. The van der Waals surface area contributed by atoms with Crippen LogP contribution in [-0.4, -0.2) is 18.9 Å². The van der Waals surface area contributed by atoms with Crippen molar-refractivity contribution in [3.63, 3.8) is 0 Å². The summed E-state index contributed by atoms with van der Waals surface area (Å²) >= 11 is 0. The first-order valence-electron chi connectivity index (χ1n) is 8.80. The van der Waals surface area contributed by atoms with Crippen LogP contribution in [-0.2, 0) is 0 Å². The summed E-state index contributed by atoms with van der Waals surface area (Å²) in [7, 11) is 1.57. The van der Waals surface area contributed by atoms with Gasteiger partial charge in [0.15, 0.2) is 5.78 Å². The van der Waals surface area contributed by atoms with E-state index < -0.39 is 5.97 Å². The molecule has 0 fully saturated rings. The predicted octanol–water partition coefficient (Wildman–Crippen LogP) is 5.12. The molecule has 28 heavy (non-hydrogen) atoms. The fraction of sp³-hybridized carbons (Fsp3) is 0.0833. The monoisotopic (exact) mass is 372 g/mol. The van der Waals surface area contributed by atoms with E-state index in [-0.39, 0.29) is 5.78 Å². The van der Waals surface area contributed by atoms with Gasteiger partial charge in [-0.05, 0) is 55.0 Å². The molecule has 0 spiro atoms. The molecule has 0 atom stereocenters. The van der Waals surface area contributed by atoms with Crippen LogP contribution in [0.3, 0.4) is 0 Å². The van der Waals surface area contributed by atoms with Gasteiger partial charge in [-0.15, -0.1) is 0 Å². The molecule has 4 nitrogen and oxygen atoms in total. The molecule has 0 heterocycles. The van der Waals surface area contributed by atoms with Crippen molar-refractivity contribution in [2.45, 2.75) is 6.92 Å². The Bertz CT molecular complexity index is 982. The molecule has 140 valence electrons. The average Bonchev–Trinajstić information content (AvgIpc) is 2.73. The number of hydrogen-bond acceptors (Lipinski definition) is 4. The lowest BCUT2D eigenvalue weighted by atomic mass is 10.1. The Kier molecular flexibility index (Phi) is 6.02. The summed E-state index contributed by atoms with van der Waals surface area (Å²) in [5.41, 5.74) is 3.03. The minimum Gasteiger partial charge on any atom is -0.497 e. The Labute approximate surface area is 164 Å². The SMILES string of the molecule is COc1ccc(C(=O)Oc2ccc(/C=C/C(=O)c3ccc(C)cc3)cc2)cc1. The molecule has 0 saturated carbocycles. The van der Waals surface area contributed by atoms with Gasteiger partial charge in [0.25, 0.3) is 0 Å². The zero-order valence-electron chi connectivity index (χ0n) is 15.7. The van der Waals surface area contributed by atoms with Crippen LogP contribution in [0.5, 0.6) is 11.5 Å². The van der Waals surface area contributed by atoms with E-state index >= 15 is 0 Å². The van der Waals surface area contributed by atoms with E-state index in [1.807, 2.05) is 31.2 Å². The van der Waals surface area contributed by atoms with E-state index in [2.05, 4.69) is 0 Å². The standard InChI is InChI=1S/C24H20O4/c1-17-3-8-19(9-4-17)23(25)16-7-18-5-12-22(13-6-18)28-24(26)20-10-14-21(27-2)15-11-20/h3-16H,1-2H3/b16-7+. The van der Waals surface area contributed by atoms with Gasteiger partial charge in [-0.2, -0.15) is 0 Å². The zero-order valence-corrected chi connectivity index (χ0v) is 15.7. The summed E-state index contributed by atoms with van der Waals surface area (Å²) in [5.74, 6) is 0.603. The maximum Gasteiger partial charge on any atom is 0.343 e. The smallest absolute Gasteiger partial charge is 0.343 e. The molecule has 3 aromatic rings. The molecule has 0 aliphatic rings. The number of rotatable bonds is 6. The summed E-state index contributed by atoms with van der Waals surface area (Å²) in [6, 6.07) is 21.1. The Morgan fingerprint density at radius 3 is 1.93 bits per heavy atom. The molecule has 0 aromatic heterocycles. The first kappa shape index (κ1) is 19.1. The van der Waals surface area contributed by atoms with Crippen LogP contribution in [0.4, 0.5) is 0 Å². The van der Waals surface area contributed by atoms with Crippen LogP contribution < -0.4 is 9.47 Å². The fourth-order valence-electron chi connectivity index (χ4n) is 2.53. The fourth-order valence-corrected chi connectivity index (χ4v) is 2.53. The van der Waals surface area contributed by atoms with Crippen LogP contribution in [0, 0.1) is 6.92 Å². The number of ether oxygens (including phenoxy) is 2. The highest BCUT2D eigenvalue weighted by Gasteiger charge is 2.08. The van der Waals surface area contributed by atoms with Crippen molar-refractivity contribution in [1.82, 2.24) is 0 Å². The molecule has 3 rings (SSSR count). The average molecular weight is 372 g/mol. The largest absolute Gasteiger partial charge is 0.497 e. The van der Waals surface area contributed by atoms with Crippen LogP contribution >= 0.6 is 0 Å². The molecule has 0 bridgehead atoms. The molecular weight excluding hydrogens is 352 g/mol.